The number of aromatic nitrogens is 3. The molecule has 0 radical (unpaired) electrons. The highest BCUT2D eigenvalue weighted by Gasteiger charge is 2.28. The van der Waals surface area contributed by atoms with Crippen LogP contribution < -0.4 is 5.14 Å². The molecule has 1 fully saturated rings. The Morgan fingerprint density at radius 3 is 2.30 bits per heavy atom. The number of hydrogen-bond acceptors (Lipinski definition) is 5. The second-order valence-corrected chi connectivity index (χ2v) is 7.70. The van der Waals surface area contributed by atoms with Crippen LogP contribution in [0.25, 0.3) is 0 Å². The van der Waals surface area contributed by atoms with Gasteiger partial charge in [0.2, 0.25) is 0 Å². The van der Waals surface area contributed by atoms with E-state index in [0.717, 1.165) is 19.6 Å². The van der Waals surface area contributed by atoms with Gasteiger partial charge in [0.05, 0.1) is 0 Å². The molecule has 1 aromatic rings. The molecule has 0 aromatic carbocycles. The second-order valence-electron chi connectivity index (χ2n) is 6.25. The Labute approximate surface area is 120 Å². The van der Waals surface area contributed by atoms with Gasteiger partial charge in [0, 0.05) is 18.5 Å². The highest BCUT2D eigenvalue weighted by molar-refractivity contribution is 7.89. The number of hydrogen-bond donors (Lipinski definition) is 1. The summed E-state index contributed by atoms with van der Waals surface area (Å²) in [6.45, 7) is 8.84. The molecule has 1 aliphatic rings. The molecule has 2 N–H and O–H groups in total. The van der Waals surface area contributed by atoms with E-state index in [1.165, 1.54) is 12.8 Å². The number of sulfonamides is 1. The van der Waals surface area contributed by atoms with Crippen molar-refractivity contribution in [2.24, 2.45) is 5.14 Å². The van der Waals surface area contributed by atoms with Crippen molar-refractivity contribution >= 4 is 10.0 Å². The molecule has 20 heavy (non-hydrogen) atoms. The van der Waals surface area contributed by atoms with Crippen molar-refractivity contribution in [2.75, 3.05) is 19.6 Å². The van der Waals surface area contributed by atoms with Gasteiger partial charge in [-0.3, -0.25) is 4.57 Å². The van der Waals surface area contributed by atoms with Crippen molar-refractivity contribution in [3.8, 4) is 0 Å². The first-order valence-corrected chi connectivity index (χ1v) is 8.44. The van der Waals surface area contributed by atoms with Gasteiger partial charge in [0.15, 0.2) is 0 Å². The first kappa shape index (κ1) is 15.4. The minimum absolute atomic E-state index is 0.151. The lowest BCUT2D eigenvalue weighted by Crippen LogP contribution is -2.31. The summed E-state index contributed by atoms with van der Waals surface area (Å²) in [4.78, 5) is 2.36. The number of nitrogens with two attached hydrogens (primary N) is 1. The lowest BCUT2D eigenvalue weighted by Gasteiger charge is -2.25. The van der Waals surface area contributed by atoms with Crippen molar-refractivity contribution in [2.45, 2.75) is 50.7 Å². The molecule has 2 heterocycles. The summed E-state index contributed by atoms with van der Waals surface area (Å²) in [5, 5.41) is 12.9. The Balaban J connectivity index is 2.26. The molecule has 0 aliphatic carbocycles. The molecular weight excluding hydrogens is 278 g/mol. The minimum atomic E-state index is -3.86. The third-order valence-electron chi connectivity index (χ3n) is 3.48. The summed E-state index contributed by atoms with van der Waals surface area (Å²) in [7, 11) is -3.86. The maximum Gasteiger partial charge on any atom is 0.273 e. The maximum atomic E-state index is 11.6. The summed E-state index contributed by atoms with van der Waals surface area (Å²) < 4.78 is 24.9. The molecule has 8 heteroatoms. The van der Waals surface area contributed by atoms with Crippen molar-refractivity contribution in [3.05, 3.63) is 5.82 Å². The van der Waals surface area contributed by atoms with Crippen LogP contribution in [0.15, 0.2) is 5.16 Å². The van der Waals surface area contributed by atoms with E-state index in [1.54, 1.807) is 4.57 Å². The largest absolute Gasteiger partial charge is 0.303 e. The number of likely N-dealkylation sites (tertiary alicyclic amines) is 1. The van der Waals surface area contributed by atoms with Gasteiger partial charge in [-0.25, -0.2) is 13.6 Å². The van der Waals surface area contributed by atoms with E-state index < -0.39 is 15.6 Å². The van der Waals surface area contributed by atoms with Crippen molar-refractivity contribution in [1.82, 2.24) is 19.7 Å². The molecule has 2 rings (SSSR count). The quantitative estimate of drug-likeness (QED) is 0.864. The van der Waals surface area contributed by atoms with Crippen LogP contribution in [0.3, 0.4) is 0 Å². The third kappa shape index (κ3) is 3.36. The zero-order chi connectivity index (χ0) is 15.0. The van der Waals surface area contributed by atoms with Crippen LogP contribution in [-0.2, 0) is 22.0 Å². The first-order chi connectivity index (χ1) is 9.19. The van der Waals surface area contributed by atoms with E-state index in [4.69, 9.17) is 5.14 Å². The van der Waals surface area contributed by atoms with E-state index in [-0.39, 0.29) is 5.16 Å². The average Bonchev–Trinajstić information content (AvgIpc) is 2.93. The minimum Gasteiger partial charge on any atom is -0.303 e. The van der Waals surface area contributed by atoms with Crippen molar-refractivity contribution in [3.63, 3.8) is 0 Å². The van der Waals surface area contributed by atoms with Crippen molar-refractivity contribution < 1.29 is 8.42 Å². The highest BCUT2D eigenvalue weighted by Crippen LogP contribution is 2.21. The summed E-state index contributed by atoms with van der Waals surface area (Å²) >= 11 is 0. The molecular formula is C12H23N5O2S. The fourth-order valence-electron chi connectivity index (χ4n) is 2.58. The Morgan fingerprint density at radius 2 is 1.80 bits per heavy atom. The van der Waals surface area contributed by atoms with Gasteiger partial charge in [0.25, 0.3) is 15.2 Å². The summed E-state index contributed by atoms with van der Waals surface area (Å²) in [6, 6.07) is 0. The molecule has 7 nitrogen and oxygen atoms in total. The average molecular weight is 301 g/mol. The van der Waals surface area contributed by atoms with Crippen LogP contribution in [0.1, 0.15) is 39.4 Å². The van der Waals surface area contributed by atoms with Crippen LogP contribution >= 0.6 is 0 Å². The predicted octanol–water partition coefficient (Wildman–Crippen LogP) is 0.319. The smallest absolute Gasteiger partial charge is 0.273 e. The van der Waals surface area contributed by atoms with Crippen LogP contribution in [0.2, 0.25) is 0 Å². The SMILES string of the molecule is CC(C)(C)n1c(CCN2CCCC2)nnc1S(N)(=O)=O. The fourth-order valence-corrected chi connectivity index (χ4v) is 3.37. The van der Waals surface area contributed by atoms with Gasteiger partial charge in [-0.15, -0.1) is 10.2 Å². The normalized spacial score (nSPS) is 17.8. The molecule has 1 aliphatic heterocycles. The molecule has 0 unspecified atom stereocenters. The summed E-state index contributed by atoms with van der Waals surface area (Å²) in [6.07, 6.45) is 3.14. The van der Waals surface area contributed by atoms with Crippen LogP contribution in [-0.4, -0.2) is 47.7 Å². The van der Waals surface area contributed by atoms with Gasteiger partial charge >= 0.3 is 0 Å². The number of nitrogens with zero attached hydrogens (tertiary/aromatic N) is 4. The van der Waals surface area contributed by atoms with Crippen LogP contribution in [0.5, 0.6) is 0 Å². The van der Waals surface area contributed by atoms with Crippen LogP contribution in [0, 0.1) is 0 Å². The van der Waals surface area contributed by atoms with Gasteiger partial charge < -0.3 is 4.90 Å². The molecule has 1 saturated heterocycles. The fraction of sp³-hybridized carbons (Fsp3) is 0.833. The van der Waals surface area contributed by atoms with E-state index in [1.807, 2.05) is 20.8 Å². The Hall–Kier alpha value is -0.990. The third-order valence-corrected chi connectivity index (χ3v) is 4.25. The number of rotatable bonds is 4. The Bertz CT molecular complexity index is 567. The second kappa shape index (κ2) is 5.42. The Morgan fingerprint density at radius 1 is 1.20 bits per heavy atom. The van der Waals surface area contributed by atoms with E-state index in [0.29, 0.717) is 12.2 Å². The summed E-state index contributed by atoms with van der Waals surface area (Å²) in [5.41, 5.74) is -0.425. The molecule has 0 amide bonds. The van der Waals surface area contributed by atoms with Crippen LogP contribution in [0.4, 0.5) is 0 Å². The molecule has 0 atom stereocenters. The molecule has 0 spiro atoms. The lowest BCUT2D eigenvalue weighted by atomic mass is 10.1. The zero-order valence-electron chi connectivity index (χ0n) is 12.3. The summed E-state index contributed by atoms with van der Waals surface area (Å²) in [5.74, 6) is 0.674. The van der Waals surface area contributed by atoms with E-state index in [2.05, 4.69) is 15.1 Å². The van der Waals surface area contributed by atoms with Crippen molar-refractivity contribution in [1.29, 1.82) is 0 Å². The highest BCUT2D eigenvalue weighted by atomic mass is 32.2. The predicted molar refractivity (Wildman–Crippen MR) is 75.8 cm³/mol. The maximum absolute atomic E-state index is 11.6. The standard InChI is InChI=1S/C12H23N5O2S/c1-12(2,3)17-10(6-9-16-7-4-5-8-16)14-15-11(17)20(13,18)19/h4-9H2,1-3H3,(H2,13,18,19). The topological polar surface area (TPSA) is 94.1 Å². The molecule has 0 bridgehead atoms. The number of primary sulfonamides is 1. The monoisotopic (exact) mass is 301 g/mol. The van der Waals surface area contributed by atoms with Gasteiger partial charge in [0.1, 0.15) is 5.82 Å². The molecule has 1 aromatic heterocycles. The van der Waals surface area contributed by atoms with E-state index >= 15 is 0 Å². The van der Waals surface area contributed by atoms with Gasteiger partial charge in [-0.2, -0.15) is 0 Å². The molecule has 0 saturated carbocycles. The first-order valence-electron chi connectivity index (χ1n) is 6.89. The molecule has 114 valence electrons. The van der Waals surface area contributed by atoms with Gasteiger partial charge in [-0.1, -0.05) is 0 Å². The van der Waals surface area contributed by atoms with E-state index in [9.17, 15) is 8.42 Å². The van der Waals surface area contributed by atoms with Gasteiger partial charge in [-0.05, 0) is 46.7 Å². The zero-order valence-corrected chi connectivity index (χ0v) is 13.2. The Kier molecular flexibility index (Phi) is 4.17. The lowest BCUT2D eigenvalue weighted by molar-refractivity contribution is 0.317.